The van der Waals surface area contributed by atoms with Crippen molar-refractivity contribution in [3.8, 4) is 0 Å². The van der Waals surface area contributed by atoms with E-state index in [1.54, 1.807) is 6.92 Å². The monoisotopic (exact) mass is 248 g/mol. The van der Waals surface area contributed by atoms with E-state index in [1.807, 2.05) is 6.92 Å². The van der Waals surface area contributed by atoms with Crippen molar-refractivity contribution in [3.63, 3.8) is 0 Å². The molecule has 0 radical (unpaired) electrons. The van der Waals surface area contributed by atoms with Gasteiger partial charge in [0.2, 0.25) is 0 Å². The van der Waals surface area contributed by atoms with Crippen molar-refractivity contribution >= 4 is 17.1 Å². The molecule has 96 valence electrons. The van der Waals surface area contributed by atoms with Gasteiger partial charge in [-0.3, -0.25) is 4.79 Å². The summed E-state index contributed by atoms with van der Waals surface area (Å²) in [5.41, 5.74) is 3.74. The van der Waals surface area contributed by atoms with Crippen molar-refractivity contribution in [1.29, 1.82) is 0 Å². The number of pyridine rings is 1. The van der Waals surface area contributed by atoms with E-state index in [0.29, 0.717) is 11.4 Å². The fourth-order valence-electron chi connectivity index (χ4n) is 2.23. The average molecular weight is 248 g/mol. The molecule has 0 saturated heterocycles. The molecule has 0 bridgehead atoms. The summed E-state index contributed by atoms with van der Waals surface area (Å²) in [6.45, 7) is 5.77. The third kappa shape index (κ3) is 2.08. The van der Waals surface area contributed by atoms with Crippen LogP contribution in [0.5, 0.6) is 0 Å². The number of carbonyl (C=O) groups is 1. The van der Waals surface area contributed by atoms with E-state index in [4.69, 9.17) is 9.63 Å². The molecular weight excluding hydrogens is 232 g/mol. The van der Waals surface area contributed by atoms with Gasteiger partial charge in [0.25, 0.3) is 5.71 Å². The van der Waals surface area contributed by atoms with Gasteiger partial charge in [0.05, 0.1) is 17.5 Å². The summed E-state index contributed by atoms with van der Waals surface area (Å²) in [6.07, 6.45) is 1.76. The van der Waals surface area contributed by atoms with Gasteiger partial charge < -0.3 is 9.63 Å². The first-order chi connectivity index (χ1) is 8.54. The van der Waals surface area contributed by atoms with Crippen LogP contribution >= 0.6 is 0 Å². The first-order valence-corrected chi connectivity index (χ1v) is 6.00. The number of fused-ring (bicyclic) bond motifs is 1. The number of rotatable bonds is 4. The number of hydrogen-bond donors (Lipinski definition) is 1. The van der Waals surface area contributed by atoms with Crippen molar-refractivity contribution in [2.75, 3.05) is 0 Å². The van der Waals surface area contributed by atoms with E-state index in [9.17, 15) is 4.79 Å². The number of nitrogens with zero attached hydrogens (tertiary/aromatic N) is 2. The normalized spacial score (nSPS) is 11.1. The molecule has 0 amide bonds. The van der Waals surface area contributed by atoms with Crippen molar-refractivity contribution in [2.24, 2.45) is 0 Å². The highest BCUT2D eigenvalue weighted by atomic mass is 16.5. The molecule has 2 heterocycles. The molecule has 0 aliphatic rings. The predicted molar refractivity (Wildman–Crippen MR) is 66.6 cm³/mol. The zero-order chi connectivity index (χ0) is 13.3. The lowest BCUT2D eigenvalue weighted by Crippen LogP contribution is -2.06. The smallest absolute Gasteiger partial charge is 0.307 e. The molecular formula is C13H16N2O3. The molecule has 0 fully saturated rings. The highest BCUT2D eigenvalue weighted by Crippen LogP contribution is 2.26. The standard InChI is InChI=1S/C13H16N2O3/c1-4-5-10-12-7(2)9(6-11(16)17)8(3)14-13(12)18-15-10/h4-6H2,1-3H3,(H,16,17). The van der Waals surface area contributed by atoms with Gasteiger partial charge in [-0.1, -0.05) is 18.5 Å². The van der Waals surface area contributed by atoms with Gasteiger partial charge in [0, 0.05) is 5.69 Å². The van der Waals surface area contributed by atoms with Crippen LogP contribution in [0.3, 0.4) is 0 Å². The van der Waals surface area contributed by atoms with Crippen molar-refractivity contribution in [2.45, 2.75) is 40.0 Å². The molecule has 2 aromatic rings. The number of carboxylic acid groups (broad SMARTS) is 1. The zero-order valence-electron chi connectivity index (χ0n) is 10.8. The summed E-state index contributed by atoms with van der Waals surface area (Å²) in [5.74, 6) is -0.851. The molecule has 0 saturated carbocycles. The third-order valence-corrected chi connectivity index (χ3v) is 3.09. The van der Waals surface area contributed by atoms with Crippen LogP contribution in [0.25, 0.3) is 11.1 Å². The Kier molecular flexibility index (Phi) is 3.32. The summed E-state index contributed by atoms with van der Waals surface area (Å²) in [7, 11) is 0. The first kappa shape index (κ1) is 12.5. The average Bonchev–Trinajstić information content (AvgIpc) is 2.68. The second-order valence-electron chi connectivity index (χ2n) is 4.43. The van der Waals surface area contributed by atoms with E-state index in [0.717, 1.165) is 35.0 Å². The Morgan fingerprint density at radius 1 is 1.39 bits per heavy atom. The number of aromatic nitrogens is 2. The van der Waals surface area contributed by atoms with Crippen molar-refractivity contribution in [3.05, 3.63) is 22.5 Å². The highest BCUT2D eigenvalue weighted by Gasteiger charge is 2.18. The van der Waals surface area contributed by atoms with Gasteiger partial charge in [-0.25, -0.2) is 4.98 Å². The molecule has 0 spiro atoms. The first-order valence-electron chi connectivity index (χ1n) is 6.00. The highest BCUT2D eigenvalue weighted by molar-refractivity contribution is 5.83. The molecule has 18 heavy (non-hydrogen) atoms. The van der Waals surface area contributed by atoms with Crippen LogP contribution in [-0.2, 0) is 17.6 Å². The Labute approximate surface area is 105 Å². The van der Waals surface area contributed by atoms with Gasteiger partial charge in [-0.2, -0.15) is 0 Å². The van der Waals surface area contributed by atoms with Gasteiger partial charge in [0.1, 0.15) is 0 Å². The maximum Gasteiger partial charge on any atom is 0.307 e. The summed E-state index contributed by atoms with van der Waals surface area (Å²) in [4.78, 5) is 15.2. The van der Waals surface area contributed by atoms with E-state index in [-0.39, 0.29) is 6.42 Å². The van der Waals surface area contributed by atoms with Crippen LogP contribution in [0.15, 0.2) is 4.52 Å². The van der Waals surface area contributed by atoms with Crippen LogP contribution < -0.4 is 0 Å². The molecule has 1 N–H and O–H groups in total. The lowest BCUT2D eigenvalue weighted by molar-refractivity contribution is -0.136. The molecule has 0 atom stereocenters. The second-order valence-corrected chi connectivity index (χ2v) is 4.43. The second kappa shape index (κ2) is 4.76. The van der Waals surface area contributed by atoms with Crippen molar-refractivity contribution in [1.82, 2.24) is 10.1 Å². The van der Waals surface area contributed by atoms with E-state index < -0.39 is 5.97 Å². The van der Waals surface area contributed by atoms with Gasteiger partial charge in [-0.05, 0) is 31.4 Å². The zero-order valence-corrected chi connectivity index (χ0v) is 10.8. The van der Waals surface area contributed by atoms with Gasteiger partial charge in [-0.15, -0.1) is 0 Å². The van der Waals surface area contributed by atoms with Gasteiger partial charge in [0.15, 0.2) is 0 Å². The molecule has 5 nitrogen and oxygen atoms in total. The summed E-state index contributed by atoms with van der Waals surface area (Å²) in [5, 5.41) is 13.8. The van der Waals surface area contributed by atoms with E-state index in [1.165, 1.54) is 0 Å². The molecule has 2 rings (SSSR count). The van der Waals surface area contributed by atoms with Crippen LogP contribution in [0.1, 0.15) is 35.9 Å². The maximum absolute atomic E-state index is 10.9. The predicted octanol–water partition coefficient (Wildman–Crippen LogP) is 2.42. The number of hydrogen-bond acceptors (Lipinski definition) is 4. The summed E-state index contributed by atoms with van der Waals surface area (Å²) < 4.78 is 5.21. The molecule has 0 aliphatic heterocycles. The quantitative estimate of drug-likeness (QED) is 0.899. The molecule has 0 aliphatic carbocycles. The number of aliphatic carboxylic acids is 1. The molecule has 0 unspecified atom stereocenters. The van der Waals surface area contributed by atoms with E-state index in [2.05, 4.69) is 17.1 Å². The van der Waals surface area contributed by atoms with Crippen LogP contribution in [0.4, 0.5) is 0 Å². The minimum Gasteiger partial charge on any atom is -0.481 e. The van der Waals surface area contributed by atoms with Crippen LogP contribution in [0, 0.1) is 13.8 Å². The van der Waals surface area contributed by atoms with Crippen LogP contribution in [-0.4, -0.2) is 21.2 Å². The molecule has 0 aromatic carbocycles. The van der Waals surface area contributed by atoms with E-state index >= 15 is 0 Å². The Balaban J connectivity index is 2.65. The summed E-state index contributed by atoms with van der Waals surface area (Å²) >= 11 is 0. The minimum absolute atomic E-state index is 0.0165. The Bertz CT molecular complexity index is 602. The Hall–Kier alpha value is -1.91. The minimum atomic E-state index is -0.851. The van der Waals surface area contributed by atoms with Crippen molar-refractivity contribution < 1.29 is 14.4 Å². The fourth-order valence-corrected chi connectivity index (χ4v) is 2.23. The summed E-state index contributed by atoms with van der Waals surface area (Å²) in [6, 6.07) is 0. The molecule has 5 heteroatoms. The largest absolute Gasteiger partial charge is 0.481 e. The topological polar surface area (TPSA) is 76.2 Å². The molecule has 2 aromatic heterocycles. The lowest BCUT2D eigenvalue weighted by Gasteiger charge is -2.07. The fraction of sp³-hybridized carbons (Fsp3) is 0.462. The van der Waals surface area contributed by atoms with Crippen LogP contribution in [0.2, 0.25) is 0 Å². The lowest BCUT2D eigenvalue weighted by atomic mass is 10.00. The number of carboxylic acids is 1. The third-order valence-electron chi connectivity index (χ3n) is 3.09. The SMILES string of the molecule is CCCc1noc2nc(C)c(CC(=O)O)c(C)c12. The maximum atomic E-state index is 10.9. The Morgan fingerprint density at radius 3 is 2.72 bits per heavy atom. The van der Waals surface area contributed by atoms with Gasteiger partial charge >= 0.3 is 5.97 Å². The Morgan fingerprint density at radius 2 is 2.11 bits per heavy atom. The number of aryl methyl sites for hydroxylation is 3.